The Kier molecular flexibility index (Phi) is 5.32. The van der Waals surface area contributed by atoms with Gasteiger partial charge in [-0.2, -0.15) is 0 Å². The summed E-state index contributed by atoms with van der Waals surface area (Å²) >= 11 is 6.40. The summed E-state index contributed by atoms with van der Waals surface area (Å²) < 4.78 is 14.7. The largest absolute Gasteiger partial charge is 0.377 e. The van der Waals surface area contributed by atoms with E-state index >= 15 is 0 Å². The van der Waals surface area contributed by atoms with E-state index in [-0.39, 0.29) is 11.9 Å². The number of nitrogens with zero attached hydrogens (tertiary/aromatic N) is 2. The molecule has 6 heteroatoms. The van der Waals surface area contributed by atoms with E-state index in [1.807, 2.05) is 56.4 Å². The zero-order valence-corrected chi connectivity index (χ0v) is 16.8. The first-order valence-corrected chi connectivity index (χ1v) is 9.68. The van der Waals surface area contributed by atoms with E-state index < -0.39 is 0 Å². The molecule has 1 unspecified atom stereocenters. The number of hydrogen-bond acceptors (Lipinski definition) is 4. The smallest absolute Gasteiger partial charge is 0.128 e. The van der Waals surface area contributed by atoms with Gasteiger partial charge in [-0.25, -0.2) is 9.37 Å². The first-order chi connectivity index (χ1) is 14.1. The van der Waals surface area contributed by atoms with Crippen LogP contribution in [0.1, 0.15) is 18.5 Å². The van der Waals surface area contributed by atoms with Crippen LogP contribution in [0.2, 0.25) is 5.02 Å². The molecule has 0 saturated heterocycles. The van der Waals surface area contributed by atoms with Crippen LogP contribution in [0.5, 0.6) is 0 Å². The van der Waals surface area contributed by atoms with Gasteiger partial charge in [0, 0.05) is 36.0 Å². The normalized spacial score (nSPS) is 12.0. The minimum atomic E-state index is -0.303. The van der Waals surface area contributed by atoms with Crippen LogP contribution >= 0.6 is 11.6 Å². The lowest BCUT2D eigenvalue weighted by molar-refractivity contribution is 0.600. The second-order valence-electron chi connectivity index (χ2n) is 6.78. The minimum Gasteiger partial charge on any atom is -0.377 e. The van der Waals surface area contributed by atoms with Crippen LogP contribution in [0.25, 0.3) is 22.0 Å². The monoisotopic (exact) mass is 406 g/mol. The number of aromatic nitrogens is 2. The van der Waals surface area contributed by atoms with Crippen molar-refractivity contribution < 1.29 is 4.39 Å². The van der Waals surface area contributed by atoms with E-state index in [9.17, 15) is 4.39 Å². The molecule has 29 heavy (non-hydrogen) atoms. The standard InChI is InChI=1S/C23H20ClFN4/c1-14(29-23-17-5-3-4-6-21(17)27-13-19(23)24)18-11-15(7-9-20(18)25)16-8-10-22(26-2)28-12-16/h3-14H,1-2H3,(H,26,28)(H,27,29). The van der Waals surface area contributed by atoms with Gasteiger partial charge >= 0.3 is 0 Å². The second-order valence-corrected chi connectivity index (χ2v) is 7.19. The molecule has 0 radical (unpaired) electrons. The van der Waals surface area contributed by atoms with Gasteiger partial charge in [-0.3, -0.25) is 4.98 Å². The lowest BCUT2D eigenvalue weighted by Gasteiger charge is -2.19. The van der Waals surface area contributed by atoms with E-state index in [4.69, 9.17) is 11.6 Å². The summed E-state index contributed by atoms with van der Waals surface area (Å²) in [5.74, 6) is 0.508. The Bertz CT molecular complexity index is 1160. The molecule has 2 heterocycles. The number of para-hydroxylation sites is 1. The van der Waals surface area contributed by atoms with Crippen molar-refractivity contribution in [3.05, 3.63) is 83.4 Å². The highest BCUT2D eigenvalue weighted by molar-refractivity contribution is 6.34. The molecule has 2 aromatic carbocycles. The predicted octanol–water partition coefficient (Wildman–Crippen LogP) is 6.30. The fourth-order valence-electron chi connectivity index (χ4n) is 3.33. The Morgan fingerprint density at radius 3 is 2.52 bits per heavy atom. The molecule has 0 saturated carbocycles. The molecule has 146 valence electrons. The van der Waals surface area contributed by atoms with Crippen molar-refractivity contribution >= 4 is 34.0 Å². The molecule has 0 aliphatic rings. The van der Waals surface area contributed by atoms with Crippen molar-refractivity contribution in [3.8, 4) is 11.1 Å². The number of benzene rings is 2. The van der Waals surface area contributed by atoms with Gasteiger partial charge in [0.25, 0.3) is 0 Å². The Labute approximate surface area is 173 Å². The van der Waals surface area contributed by atoms with Crippen molar-refractivity contribution in [2.24, 2.45) is 0 Å². The van der Waals surface area contributed by atoms with E-state index in [1.165, 1.54) is 6.07 Å². The van der Waals surface area contributed by atoms with Crippen LogP contribution in [0.3, 0.4) is 0 Å². The van der Waals surface area contributed by atoms with Gasteiger partial charge in [0.1, 0.15) is 11.6 Å². The maximum Gasteiger partial charge on any atom is 0.128 e. The first kappa shape index (κ1) is 19.2. The SMILES string of the molecule is CNc1ccc(-c2ccc(F)c(C(C)Nc3c(Cl)cnc4ccccc34)c2)cn1. The van der Waals surface area contributed by atoms with Crippen LogP contribution in [0.15, 0.2) is 67.0 Å². The molecule has 0 aliphatic heterocycles. The topological polar surface area (TPSA) is 49.8 Å². The third-order valence-corrected chi connectivity index (χ3v) is 5.19. The van der Waals surface area contributed by atoms with Crippen LogP contribution in [0.4, 0.5) is 15.9 Å². The minimum absolute atomic E-state index is 0.275. The van der Waals surface area contributed by atoms with Gasteiger partial charge in [-0.1, -0.05) is 35.9 Å². The molecule has 0 spiro atoms. The Hall–Kier alpha value is -3.18. The molecule has 4 rings (SSSR count). The zero-order valence-electron chi connectivity index (χ0n) is 16.1. The molecule has 4 aromatic rings. The molecule has 0 fully saturated rings. The molecule has 0 aliphatic carbocycles. The van der Waals surface area contributed by atoms with Crippen LogP contribution in [-0.4, -0.2) is 17.0 Å². The molecular weight excluding hydrogens is 387 g/mol. The highest BCUT2D eigenvalue weighted by atomic mass is 35.5. The van der Waals surface area contributed by atoms with Crippen LogP contribution in [0, 0.1) is 5.82 Å². The molecule has 2 aromatic heterocycles. The lowest BCUT2D eigenvalue weighted by Crippen LogP contribution is -2.10. The third kappa shape index (κ3) is 3.87. The molecule has 1 atom stereocenters. The molecule has 4 nitrogen and oxygen atoms in total. The van der Waals surface area contributed by atoms with Gasteiger partial charge in [0.2, 0.25) is 0 Å². The van der Waals surface area contributed by atoms with Crippen LogP contribution in [-0.2, 0) is 0 Å². The van der Waals surface area contributed by atoms with Gasteiger partial charge in [-0.15, -0.1) is 0 Å². The maximum absolute atomic E-state index is 14.7. The Balaban J connectivity index is 1.69. The van der Waals surface area contributed by atoms with Crippen molar-refractivity contribution in [1.29, 1.82) is 0 Å². The average Bonchev–Trinajstić information content (AvgIpc) is 2.76. The maximum atomic E-state index is 14.7. The second kappa shape index (κ2) is 8.05. The number of halogens is 2. The lowest BCUT2D eigenvalue weighted by atomic mass is 10.00. The molecule has 0 amide bonds. The van der Waals surface area contributed by atoms with E-state index in [1.54, 1.807) is 18.5 Å². The molecule has 0 bridgehead atoms. The summed E-state index contributed by atoms with van der Waals surface area (Å²) in [6.07, 6.45) is 3.38. The van der Waals surface area contributed by atoms with E-state index in [2.05, 4.69) is 20.6 Å². The predicted molar refractivity (Wildman–Crippen MR) is 118 cm³/mol. The van der Waals surface area contributed by atoms with Gasteiger partial charge in [0.05, 0.1) is 22.3 Å². The molecule has 2 N–H and O–H groups in total. The van der Waals surface area contributed by atoms with Crippen LogP contribution < -0.4 is 10.6 Å². The van der Waals surface area contributed by atoms with Crippen molar-refractivity contribution in [2.75, 3.05) is 17.7 Å². The Morgan fingerprint density at radius 2 is 1.76 bits per heavy atom. The zero-order chi connectivity index (χ0) is 20.4. The summed E-state index contributed by atoms with van der Waals surface area (Å²) in [6.45, 7) is 1.91. The van der Waals surface area contributed by atoms with Crippen molar-refractivity contribution in [3.63, 3.8) is 0 Å². The Morgan fingerprint density at radius 1 is 0.966 bits per heavy atom. The van der Waals surface area contributed by atoms with E-state index in [0.717, 1.165) is 33.5 Å². The highest BCUT2D eigenvalue weighted by Gasteiger charge is 2.16. The molecular formula is C23H20ClFN4. The number of anilines is 2. The van der Waals surface area contributed by atoms with Crippen molar-refractivity contribution in [2.45, 2.75) is 13.0 Å². The fraction of sp³-hybridized carbons (Fsp3) is 0.130. The van der Waals surface area contributed by atoms with Gasteiger partial charge in [-0.05, 0) is 42.8 Å². The number of hydrogen-bond donors (Lipinski definition) is 2. The summed E-state index contributed by atoms with van der Waals surface area (Å²) in [5, 5.41) is 7.76. The van der Waals surface area contributed by atoms with E-state index in [0.29, 0.717) is 10.6 Å². The number of fused-ring (bicyclic) bond motifs is 1. The quantitative estimate of drug-likeness (QED) is 0.408. The average molecular weight is 407 g/mol. The summed E-state index contributed by atoms with van der Waals surface area (Å²) in [6, 6.07) is 16.4. The fourth-order valence-corrected chi connectivity index (χ4v) is 3.53. The number of rotatable bonds is 5. The van der Waals surface area contributed by atoms with Gasteiger partial charge in [0.15, 0.2) is 0 Å². The summed E-state index contributed by atoms with van der Waals surface area (Å²) in [5.41, 5.74) is 3.95. The number of pyridine rings is 2. The highest BCUT2D eigenvalue weighted by Crippen LogP contribution is 2.34. The van der Waals surface area contributed by atoms with Gasteiger partial charge < -0.3 is 10.6 Å². The third-order valence-electron chi connectivity index (χ3n) is 4.91. The summed E-state index contributed by atoms with van der Waals surface area (Å²) in [7, 11) is 1.82. The van der Waals surface area contributed by atoms with Crippen molar-refractivity contribution in [1.82, 2.24) is 9.97 Å². The first-order valence-electron chi connectivity index (χ1n) is 9.30. The number of nitrogens with one attached hydrogen (secondary N) is 2. The summed E-state index contributed by atoms with van der Waals surface area (Å²) in [4.78, 5) is 8.69.